The van der Waals surface area contributed by atoms with E-state index in [0.717, 1.165) is 0 Å². The molecule has 0 saturated heterocycles. The second-order valence-electron chi connectivity index (χ2n) is 4.35. The molecule has 0 heterocycles. The lowest BCUT2D eigenvalue weighted by molar-refractivity contribution is 0.0153. The van der Waals surface area contributed by atoms with E-state index < -0.39 is 5.60 Å². The van der Waals surface area contributed by atoms with Gasteiger partial charge in [0.05, 0.1) is 11.7 Å². The third-order valence-corrected chi connectivity index (χ3v) is 2.73. The first-order valence-corrected chi connectivity index (χ1v) is 5.40. The molecule has 3 atom stereocenters. The van der Waals surface area contributed by atoms with Gasteiger partial charge in [0.2, 0.25) is 0 Å². The topological polar surface area (TPSA) is 50.7 Å². The normalized spacial score (nSPS) is 19.6. The minimum absolute atomic E-state index is 0.142. The lowest BCUT2D eigenvalue weighted by Crippen LogP contribution is -2.46. The summed E-state index contributed by atoms with van der Waals surface area (Å²) in [6, 6.07) is 0.226. The summed E-state index contributed by atoms with van der Waals surface area (Å²) in [4.78, 5) is 0. The summed E-state index contributed by atoms with van der Waals surface area (Å²) in [6.45, 7) is 6.97. The van der Waals surface area contributed by atoms with Gasteiger partial charge in [-0.15, -0.1) is 0 Å². The average Bonchev–Trinajstić information content (AvgIpc) is 2.22. The lowest BCUT2D eigenvalue weighted by atomic mass is 10.0. The van der Waals surface area contributed by atoms with Crippen molar-refractivity contribution in [1.82, 2.24) is 5.32 Å². The van der Waals surface area contributed by atoms with Crippen molar-refractivity contribution >= 4 is 0 Å². The van der Waals surface area contributed by atoms with Gasteiger partial charge in [-0.25, -0.2) is 0 Å². The number of ether oxygens (including phenoxy) is 2. The molecule has 0 amide bonds. The van der Waals surface area contributed by atoms with Crippen LogP contribution in [0.1, 0.15) is 27.2 Å². The number of hydrogen-bond donors (Lipinski definition) is 2. The van der Waals surface area contributed by atoms with Crippen molar-refractivity contribution in [2.24, 2.45) is 0 Å². The van der Waals surface area contributed by atoms with Crippen LogP contribution in [-0.4, -0.2) is 50.2 Å². The largest absolute Gasteiger partial charge is 0.389 e. The molecule has 0 aliphatic carbocycles. The Labute approximate surface area is 93.0 Å². The van der Waals surface area contributed by atoms with Gasteiger partial charge < -0.3 is 19.9 Å². The molecule has 0 saturated carbocycles. The van der Waals surface area contributed by atoms with Crippen LogP contribution >= 0.6 is 0 Å². The molecule has 4 heteroatoms. The smallest absolute Gasteiger partial charge is 0.0765 e. The number of nitrogens with one attached hydrogen (secondary N) is 1. The van der Waals surface area contributed by atoms with Crippen molar-refractivity contribution in [3.05, 3.63) is 0 Å². The van der Waals surface area contributed by atoms with Gasteiger partial charge in [-0.1, -0.05) is 0 Å². The predicted molar refractivity (Wildman–Crippen MR) is 61.1 cm³/mol. The fourth-order valence-electron chi connectivity index (χ4n) is 1.16. The molecule has 0 fully saturated rings. The second-order valence-corrected chi connectivity index (χ2v) is 4.35. The van der Waals surface area contributed by atoms with Crippen molar-refractivity contribution in [2.75, 3.05) is 27.4 Å². The standard InChI is InChI=1S/C11H25NO3/c1-9(10(2)15-5)12-8-11(3,13)6-7-14-4/h9-10,12-13H,6-8H2,1-5H3. The Morgan fingerprint density at radius 2 is 1.93 bits per heavy atom. The van der Waals surface area contributed by atoms with E-state index >= 15 is 0 Å². The van der Waals surface area contributed by atoms with Gasteiger partial charge in [-0.05, 0) is 20.8 Å². The molecule has 92 valence electrons. The van der Waals surface area contributed by atoms with Gasteiger partial charge in [0.1, 0.15) is 0 Å². The van der Waals surface area contributed by atoms with Gasteiger partial charge in [0, 0.05) is 39.8 Å². The van der Waals surface area contributed by atoms with Crippen LogP contribution in [0.4, 0.5) is 0 Å². The highest BCUT2D eigenvalue weighted by Crippen LogP contribution is 2.08. The van der Waals surface area contributed by atoms with E-state index in [1.165, 1.54) is 0 Å². The molecule has 0 aromatic carbocycles. The number of hydrogen-bond acceptors (Lipinski definition) is 4. The number of aliphatic hydroxyl groups is 1. The Morgan fingerprint density at radius 1 is 1.33 bits per heavy atom. The summed E-state index contributed by atoms with van der Waals surface area (Å²) in [7, 11) is 3.32. The second kappa shape index (κ2) is 7.17. The van der Waals surface area contributed by atoms with Gasteiger partial charge in [-0.3, -0.25) is 0 Å². The highest BCUT2D eigenvalue weighted by Gasteiger charge is 2.21. The van der Waals surface area contributed by atoms with Crippen molar-refractivity contribution in [2.45, 2.75) is 44.9 Å². The van der Waals surface area contributed by atoms with Crippen molar-refractivity contribution < 1.29 is 14.6 Å². The summed E-state index contributed by atoms with van der Waals surface area (Å²) >= 11 is 0. The third kappa shape index (κ3) is 6.84. The van der Waals surface area contributed by atoms with Crippen molar-refractivity contribution in [3.63, 3.8) is 0 Å². The zero-order chi connectivity index (χ0) is 11.9. The maximum atomic E-state index is 9.97. The highest BCUT2D eigenvalue weighted by molar-refractivity contribution is 4.78. The molecule has 0 aromatic rings. The summed E-state index contributed by atoms with van der Waals surface area (Å²) in [5, 5.41) is 13.2. The third-order valence-electron chi connectivity index (χ3n) is 2.73. The molecule has 3 unspecified atom stereocenters. The Morgan fingerprint density at radius 3 is 2.40 bits per heavy atom. The van der Waals surface area contributed by atoms with Crippen molar-refractivity contribution in [1.29, 1.82) is 0 Å². The monoisotopic (exact) mass is 219 g/mol. The quantitative estimate of drug-likeness (QED) is 0.633. The molecule has 0 bridgehead atoms. The van der Waals surface area contributed by atoms with Crippen LogP contribution in [0.5, 0.6) is 0 Å². The van der Waals surface area contributed by atoms with Gasteiger partial charge >= 0.3 is 0 Å². The molecule has 0 spiro atoms. The Bertz CT molecular complexity index is 162. The first-order chi connectivity index (χ1) is 6.93. The maximum Gasteiger partial charge on any atom is 0.0765 e. The SMILES string of the molecule is COCCC(C)(O)CNC(C)C(C)OC. The van der Waals surface area contributed by atoms with Crippen LogP contribution in [0, 0.1) is 0 Å². The first kappa shape index (κ1) is 14.8. The Kier molecular flexibility index (Phi) is 7.09. The van der Waals surface area contributed by atoms with Gasteiger partial charge in [0.25, 0.3) is 0 Å². The van der Waals surface area contributed by atoms with E-state index in [9.17, 15) is 5.11 Å². The molecule has 0 aliphatic heterocycles. The highest BCUT2D eigenvalue weighted by atomic mass is 16.5. The Hall–Kier alpha value is -0.160. The zero-order valence-electron chi connectivity index (χ0n) is 10.5. The van der Waals surface area contributed by atoms with E-state index in [1.807, 2.05) is 20.8 Å². The zero-order valence-corrected chi connectivity index (χ0v) is 10.5. The first-order valence-electron chi connectivity index (χ1n) is 5.40. The maximum absolute atomic E-state index is 9.97. The minimum Gasteiger partial charge on any atom is -0.389 e. The van der Waals surface area contributed by atoms with E-state index in [2.05, 4.69) is 5.32 Å². The molecule has 0 rings (SSSR count). The summed E-state index contributed by atoms with van der Waals surface area (Å²) in [5.74, 6) is 0. The van der Waals surface area contributed by atoms with Crippen LogP contribution < -0.4 is 5.32 Å². The van der Waals surface area contributed by atoms with Crippen LogP contribution in [-0.2, 0) is 9.47 Å². The molecule has 4 nitrogen and oxygen atoms in total. The molecule has 0 aliphatic rings. The molecule has 2 N–H and O–H groups in total. The minimum atomic E-state index is -0.724. The molecule has 0 radical (unpaired) electrons. The van der Waals surface area contributed by atoms with E-state index in [4.69, 9.17) is 9.47 Å². The number of rotatable bonds is 8. The van der Waals surface area contributed by atoms with E-state index in [-0.39, 0.29) is 12.1 Å². The van der Waals surface area contributed by atoms with Gasteiger partial charge in [-0.2, -0.15) is 0 Å². The average molecular weight is 219 g/mol. The van der Waals surface area contributed by atoms with Gasteiger partial charge in [0.15, 0.2) is 0 Å². The molecule has 0 aromatic heterocycles. The fraction of sp³-hybridized carbons (Fsp3) is 1.00. The summed E-state index contributed by atoms with van der Waals surface area (Å²) in [5.41, 5.74) is -0.724. The van der Waals surface area contributed by atoms with Crippen LogP contribution in [0.25, 0.3) is 0 Å². The van der Waals surface area contributed by atoms with Crippen LogP contribution in [0.15, 0.2) is 0 Å². The van der Waals surface area contributed by atoms with E-state index in [1.54, 1.807) is 14.2 Å². The summed E-state index contributed by atoms with van der Waals surface area (Å²) in [6.07, 6.45) is 0.771. The fourth-order valence-corrected chi connectivity index (χ4v) is 1.16. The lowest BCUT2D eigenvalue weighted by Gasteiger charge is -2.27. The van der Waals surface area contributed by atoms with Crippen LogP contribution in [0.3, 0.4) is 0 Å². The summed E-state index contributed by atoms with van der Waals surface area (Å²) < 4.78 is 10.1. The number of methoxy groups -OCH3 is 2. The molecular formula is C11H25NO3. The van der Waals surface area contributed by atoms with Crippen LogP contribution in [0.2, 0.25) is 0 Å². The molecule has 15 heavy (non-hydrogen) atoms. The Balaban J connectivity index is 3.81. The predicted octanol–water partition coefficient (Wildman–Crippen LogP) is 0.787. The van der Waals surface area contributed by atoms with E-state index in [0.29, 0.717) is 19.6 Å². The van der Waals surface area contributed by atoms with Crippen molar-refractivity contribution in [3.8, 4) is 0 Å². The molecular weight excluding hydrogens is 194 g/mol.